The standard InChI is InChI=1S/C13H25N5OS/c1-8(20(6)19)7-15-10-9(2)11(18-14)17-12(16-10)13(3,4)5/h8H,7,14H2,1-6H3,(H2,15,16,17,18). The molecule has 2 atom stereocenters. The molecule has 0 aliphatic heterocycles. The Morgan fingerprint density at radius 3 is 2.30 bits per heavy atom. The van der Waals surface area contributed by atoms with Gasteiger partial charge in [-0.2, -0.15) is 0 Å². The minimum absolute atomic E-state index is 0.0525. The molecule has 6 nitrogen and oxygen atoms in total. The predicted molar refractivity (Wildman–Crippen MR) is 85.3 cm³/mol. The van der Waals surface area contributed by atoms with Gasteiger partial charge in [0.25, 0.3) is 0 Å². The van der Waals surface area contributed by atoms with Crippen molar-refractivity contribution in [1.82, 2.24) is 9.97 Å². The van der Waals surface area contributed by atoms with Gasteiger partial charge in [0, 0.05) is 39.8 Å². The molecule has 0 bridgehead atoms. The van der Waals surface area contributed by atoms with Crippen LogP contribution in [0.5, 0.6) is 0 Å². The minimum atomic E-state index is -0.866. The van der Waals surface area contributed by atoms with Gasteiger partial charge in [-0.1, -0.05) is 20.8 Å². The topological polar surface area (TPSA) is 92.9 Å². The van der Waals surface area contributed by atoms with Gasteiger partial charge in [0.2, 0.25) is 0 Å². The van der Waals surface area contributed by atoms with Crippen LogP contribution >= 0.6 is 0 Å². The van der Waals surface area contributed by atoms with Crippen LogP contribution in [-0.4, -0.2) is 32.2 Å². The summed E-state index contributed by atoms with van der Waals surface area (Å²) >= 11 is 0. The Bertz CT molecular complexity index is 498. The molecule has 0 saturated heterocycles. The molecule has 4 N–H and O–H groups in total. The van der Waals surface area contributed by atoms with Gasteiger partial charge in [-0.15, -0.1) is 0 Å². The van der Waals surface area contributed by atoms with Crippen molar-refractivity contribution in [1.29, 1.82) is 0 Å². The Morgan fingerprint density at radius 2 is 1.85 bits per heavy atom. The summed E-state index contributed by atoms with van der Waals surface area (Å²) in [6, 6.07) is 0. The maximum atomic E-state index is 11.4. The van der Waals surface area contributed by atoms with Gasteiger partial charge in [-0.25, -0.2) is 15.8 Å². The first kappa shape index (κ1) is 16.8. The lowest BCUT2D eigenvalue weighted by molar-refractivity contribution is 0.546. The van der Waals surface area contributed by atoms with Gasteiger partial charge in [-0.3, -0.25) is 4.21 Å². The van der Waals surface area contributed by atoms with Crippen LogP contribution in [0.25, 0.3) is 0 Å². The number of anilines is 2. The molecule has 1 aromatic heterocycles. The third kappa shape index (κ3) is 4.14. The van der Waals surface area contributed by atoms with Crippen molar-refractivity contribution in [2.45, 2.75) is 45.3 Å². The Balaban J connectivity index is 3.08. The maximum absolute atomic E-state index is 11.4. The summed E-state index contributed by atoms with van der Waals surface area (Å²) in [5.74, 6) is 7.57. The Kier molecular flexibility index (Phi) is 5.47. The average Bonchev–Trinajstić information content (AvgIpc) is 2.35. The van der Waals surface area contributed by atoms with Gasteiger partial charge >= 0.3 is 0 Å². The lowest BCUT2D eigenvalue weighted by Crippen LogP contribution is -2.25. The third-order valence-corrected chi connectivity index (χ3v) is 4.38. The molecule has 1 aromatic rings. The van der Waals surface area contributed by atoms with Crippen LogP contribution in [0.3, 0.4) is 0 Å². The van der Waals surface area contributed by atoms with E-state index < -0.39 is 10.8 Å². The largest absolute Gasteiger partial charge is 0.368 e. The van der Waals surface area contributed by atoms with E-state index in [1.54, 1.807) is 6.26 Å². The Morgan fingerprint density at radius 1 is 1.30 bits per heavy atom. The number of hydrogen-bond donors (Lipinski definition) is 3. The van der Waals surface area contributed by atoms with Crippen LogP contribution in [0.15, 0.2) is 0 Å². The van der Waals surface area contributed by atoms with E-state index in [0.29, 0.717) is 18.2 Å². The molecule has 0 saturated carbocycles. The van der Waals surface area contributed by atoms with E-state index in [0.717, 1.165) is 11.4 Å². The second-order valence-corrected chi connectivity index (χ2v) is 7.76. The van der Waals surface area contributed by atoms with E-state index in [2.05, 4.69) is 20.7 Å². The molecular formula is C13H25N5OS. The van der Waals surface area contributed by atoms with Crippen LogP contribution in [0.4, 0.5) is 11.6 Å². The molecule has 7 heteroatoms. The highest BCUT2D eigenvalue weighted by atomic mass is 32.2. The van der Waals surface area contributed by atoms with Gasteiger partial charge in [-0.05, 0) is 13.8 Å². The zero-order valence-corrected chi connectivity index (χ0v) is 13.9. The molecule has 0 spiro atoms. The van der Waals surface area contributed by atoms with Crippen LogP contribution in [0.1, 0.15) is 39.1 Å². The van der Waals surface area contributed by atoms with Crippen molar-refractivity contribution < 1.29 is 4.21 Å². The summed E-state index contributed by atoms with van der Waals surface area (Å²) in [5, 5.41) is 3.29. The number of hydrazine groups is 1. The summed E-state index contributed by atoms with van der Waals surface area (Å²) < 4.78 is 11.4. The van der Waals surface area contributed by atoms with Crippen molar-refractivity contribution >= 4 is 22.4 Å². The molecule has 0 aliphatic rings. The molecule has 114 valence electrons. The second-order valence-electron chi connectivity index (χ2n) is 5.95. The van der Waals surface area contributed by atoms with E-state index in [1.165, 1.54) is 0 Å². The SMILES string of the molecule is Cc1c(NN)nc(C(C)(C)C)nc1NCC(C)S(C)=O. The molecule has 0 aliphatic carbocycles. The number of nitrogens with two attached hydrogens (primary N) is 1. The molecule has 0 aromatic carbocycles. The van der Waals surface area contributed by atoms with Crippen LogP contribution in [0, 0.1) is 6.92 Å². The van der Waals surface area contributed by atoms with Crippen LogP contribution in [0.2, 0.25) is 0 Å². The normalized spacial score (nSPS) is 14.8. The summed E-state index contributed by atoms with van der Waals surface area (Å²) in [5.41, 5.74) is 3.29. The van der Waals surface area contributed by atoms with E-state index in [9.17, 15) is 4.21 Å². The molecule has 20 heavy (non-hydrogen) atoms. The van der Waals surface area contributed by atoms with Crippen LogP contribution < -0.4 is 16.6 Å². The number of hydrogen-bond acceptors (Lipinski definition) is 6. The number of nitrogens with one attached hydrogen (secondary N) is 2. The van der Waals surface area contributed by atoms with E-state index in [4.69, 9.17) is 5.84 Å². The highest BCUT2D eigenvalue weighted by Gasteiger charge is 2.21. The quantitative estimate of drug-likeness (QED) is 0.564. The summed E-state index contributed by atoms with van der Waals surface area (Å²) in [7, 11) is -0.866. The first-order chi connectivity index (χ1) is 9.16. The van der Waals surface area contributed by atoms with Crippen molar-refractivity contribution in [3.05, 3.63) is 11.4 Å². The highest BCUT2D eigenvalue weighted by molar-refractivity contribution is 7.84. The zero-order chi connectivity index (χ0) is 15.5. The average molecular weight is 299 g/mol. The number of aromatic nitrogens is 2. The fourth-order valence-corrected chi connectivity index (χ4v) is 1.84. The fourth-order valence-electron chi connectivity index (χ4n) is 1.52. The van der Waals surface area contributed by atoms with Crippen molar-refractivity contribution in [3.8, 4) is 0 Å². The third-order valence-electron chi connectivity index (χ3n) is 3.08. The second kappa shape index (κ2) is 6.49. The Hall–Kier alpha value is -1.21. The van der Waals surface area contributed by atoms with Crippen molar-refractivity contribution in [3.63, 3.8) is 0 Å². The Labute approximate surface area is 123 Å². The van der Waals surface area contributed by atoms with E-state index in [-0.39, 0.29) is 10.7 Å². The monoisotopic (exact) mass is 299 g/mol. The number of nitrogens with zero attached hydrogens (tertiary/aromatic N) is 2. The summed E-state index contributed by atoms with van der Waals surface area (Å²) in [6.07, 6.45) is 1.70. The van der Waals surface area contributed by atoms with E-state index in [1.807, 2.05) is 34.6 Å². The van der Waals surface area contributed by atoms with Gasteiger partial charge in [0.1, 0.15) is 17.5 Å². The molecule has 2 unspecified atom stereocenters. The van der Waals surface area contributed by atoms with Crippen LogP contribution in [-0.2, 0) is 16.2 Å². The van der Waals surface area contributed by atoms with Gasteiger partial charge in [0.05, 0.1) is 0 Å². The predicted octanol–water partition coefficient (Wildman–Crippen LogP) is 1.55. The lowest BCUT2D eigenvalue weighted by Gasteiger charge is -2.21. The molecule has 0 fully saturated rings. The van der Waals surface area contributed by atoms with Crippen molar-refractivity contribution in [2.75, 3.05) is 23.5 Å². The van der Waals surface area contributed by atoms with Gasteiger partial charge in [0.15, 0.2) is 0 Å². The van der Waals surface area contributed by atoms with E-state index >= 15 is 0 Å². The number of rotatable bonds is 5. The first-order valence-electron chi connectivity index (χ1n) is 6.58. The smallest absolute Gasteiger partial charge is 0.148 e. The molecule has 1 heterocycles. The highest BCUT2D eigenvalue weighted by Crippen LogP contribution is 2.25. The summed E-state index contributed by atoms with van der Waals surface area (Å²) in [4.78, 5) is 9.00. The lowest BCUT2D eigenvalue weighted by atomic mass is 9.95. The van der Waals surface area contributed by atoms with Gasteiger partial charge < -0.3 is 10.7 Å². The molecule has 0 amide bonds. The molecule has 0 radical (unpaired) electrons. The fraction of sp³-hybridized carbons (Fsp3) is 0.692. The molecule has 1 rings (SSSR count). The number of nitrogen functional groups attached to an aromatic ring is 1. The van der Waals surface area contributed by atoms with Crippen molar-refractivity contribution in [2.24, 2.45) is 5.84 Å². The zero-order valence-electron chi connectivity index (χ0n) is 13.1. The minimum Gasteiger partial charge on any atom is -0.368 e. The summed E-state index contributed by atoms with van der Waals surface area (Å²) in [6.45, 7) is 10.6. The maximum Gasteiger partial charge on any atom is 0.148 e. The molecular weight excluding hydrogens is 274 g/mol. The first-order valence-corrected chi connectivity index (χ1v) is 8.20.